The molecule has 17 heavy (non-hydrogen) atoms. The number of aromatic carboxylic acids is 1. The minimum absolute atomic E-state index is 0.0351. The number of halogens is 2. The molecule has 6 heteroatoms. The minimum atomic E-state index is -1.09. The summed E-state index contributed by atoms with van der Waals surface area (Å²) in [7, 11) is 0. The van der Waals surface area contributed by atoms with Gasteiger partial charge >= 0.3 is 5.97 Å². The molecule has 1 heterocycles. The molecule has 0 aromatic heterocycles. The van der Waals surface area contributed by atoms with Crippen LogP contribution >= 0.6 is 27.5 Å². The minimum Gasteiger partial charge on any atom is -0.478 e. The maximum Gasteiger partial charge on any atom is 0.337 e. The Morgan fingerprint density at radius 1 is 1.53 bits per heavy atom. The van der Waals surface area contributed by atoms with Crippen LogP contribution < -0.4 is 4.90 Å². The Balaban J connectivity index is 2.51. The summed E-state index contributed by atoms with van der Waals surface area (Å²) in [5.41, 5.74) is 0.334. The molecule has 2 rings (SSSR count). The number of benzene rings is 1. The molecule has 1 aromatic rings. The van der Waals surface area contributed by atoms with Crippen molar-refractivity contribution in [3.63, 3.8) is 0 Å². The van der Waals surface area contributed by atoms with Gasteiger partial charge in [-0.15, -0.1) is 0 Å². The first-order chi connectivity index (χ1) is 8.00. The average molecular weight is 319 g/mol. The zero-order valence-electron chi connectivity index (χ0n) is 8.69. The van der Waals surface area contributed by atoms with Gasteiger partial charge in [-0.1, -0.05) is 33.6 Å². The summed E-state index contributed by atoms with van der Waals surface area (Å²) >= 11 is 9.34. The second-order valence-corrected chi connectivity index (χ2v) is 5.45. The van der Waals surface area contributed by atoms with Crippen molar-refractivity contribution in [2.75, 3.05) is 11.4 Å². The van der Waals surface area contributed by atoms with Gasteiger partial charge in [0.25, 0.3) is 0 Å². The quantitative estimate of drug-likeness (QED) is 0.853. The van der Waals surface area contributed by atoms with Crippen LogP contribution in [0.2, 0.25) is 5.02 Å². The standard InChI is InChI=1S/C11H9BrClNO3/c12-6-4-9(15)14(5-6)10-7(11(16)17)2-1-3-8(10)13/h1-3,6H,4-5H2,(H,16,17). The first-order valence-corrected chi connectivity index (χ1v) is 6.26. The van der Waals surface area contributed by atoms with Gasteiger partial charge in [0.2, 0.25) is 5.91 Å². The van der Waals surface area contributed by atoms with Crippen LogP contribution in [0.15, 0.2) is 18.2 Å². The Hall–Kier alpha value is -1.07. The molecule has 1 saturated heterocycles. The molecule has 0 saturated carbocycles. The van der Waals surface area contributed by atoms with E-state index in [9.17, 15) is 9.59 Å². The second kappa shape index (κ2) is 4.66. The van der Waals surface area contributed by atoms with Gasteiger partial charge < -0.3 is 10.0 Å². The SMILES string of the molecule is O=C(O)c1cccc(Cl)c1N1CC(Br)CC1=O. The van der Waals surface area contributed by atoms with Crippen molar-refractivity contribution in [1.29, 1.82) is 0 Å². The highest BCUT2D eigenvalue weighted by Crippen LogP contribution is 2.34. The first kappa shape index (κ1) is 12.4. The van der Waals surface area contributed by atoms with E-state index < -0.39 is 5.97 Å². The van der Waals surface area contributed by atoms with Gasteiger partial charge in [-0.25, -0.2) is 4.79 Å². The predicted octanol–water partition coefficient (Wildman–Crippen LogP) is 2.54. The fourth-order valence-electron chi connectivity index (χ4n) is 1.84. The molecule has 1 amide bonds. The third kappa shape index (κ3) is 2.30. The Bertz CT molecular complexity index is 492. The molecule has 1 unspecified atom stereocenters. The molecule has 0 bridgehead atoms. The van der Waals surface area contributed by atoms with E-state index >= 15 is 0 Å². The van der Waals surface area contributed by atoms with E-state index in [-0.39, 0.29) is 27.0 Å². The Labute approximate surface area is 111 Å². The number of amides is 1. The van der Waals surface area contributed by atoms with Crippen LogP contribution in [0.1, 0.15) is 16.8 Å². The third-order valence-corrected chi connectivity index (χ3v) is 3.48. The monoisotopic (exact) mass is 317 g/mol. The number of carbonyl (C=O) groups excluding carboxylic acids is 1. The van der Waals surface area contributed by atoms with Gasteiger partial charge in [-0.2, -0.15) is 0 Å². The van der Waals surface area contributed by atoms with E-state index in [4.69, 9.17) is 16.7 Å². The van der Waals surface area contributed by atoms with Crippen molar-refractivity contribution in [3.05, 3.63) is 28.8 Å². The highest BCUT2D eigenvalue weighted by Gasteiger charge is 2.32. The van der Waals surface area contributed by atoms with E-state index in [0.717, 1.165) is 0 Å². The molecule has 1 aliphatic rings. The van der Waals surface area contributed by atoms with E-state index in [0.29, 0.717) is 13.0 Å². The molecule has 1 aromatic carbocycles. The van der Waals surface area contributed by atoms with Crippen molar-refractivity contribution >= 4 is 45.1 Å². The normalized spacial score (nSPS) is 19.8. The molecule has 1 atom stereocenters. The van der Waals surface area contributed by atoms with Crippen molar-refractivity contribution in [3.8, 4) is 0 Å². The number of nitrogens with zero attached hydrogens (tertiary/aromatic N) is 1. The van der Waals surface area contributed by atoms with Crippen molar-refractivity contribution in [1.82, 2.24) is 0 Å². The lowest BCUT2D eigenvalue weighted by Crippen LogP contribution is -2.27. The van der Waals surface area contributed by atoms with E-state index in [1.807, 2.05) is 0 Å². The van der Waals surface area contributed by atoms with Crippen LogP contribution in [0.4, 0.5) is 5.69 Å². The summed E-state index contributed by atoms with van der Waals surface area (Å²) in [5, 5.41) is 9.37. The largest absolute Gasteiger partial charge is 0.478 e. The molecule has 0 spiro atoms. The maximum atomic E-state index is 11.8. The zero-order valence-corrected chi connectivity index (χ0v) is 11.0. The summed E-state index contributed by atoms with van der Waals surface area (Å²) in [6, 6.07) is 4.58. The number of carboxylic acids is 1. The summed E-state index contributed by atoms with van der Waals surface area (Å²) in [6.45, 7) is 0.433. The van der Waals surface area contributed by atoms with Crippen LogP contribution in [0, 0.1) is 0 Å². The van der Waals surface area contributed by atoms with Gasteiger partial charge in [-0.3, -0.25) is 4.79 Å². The summed E-state index contributed by atoms with van der Waals surface area (Å²) < 4.78 is 0. The Morgan fingerprint density at radius 2 is 2.24 bits per heavy atom. The number of para-hydroxylation sites is 1. The number of hydrogen-bond donors (Lipinski definition) is 1. The topological polar surface area (TPSA) is 57.6 Å². The Morgan fingerprint density at radius 3 is 2.76 bits per heavy atom. The molecule has 0 radical (unpaired) electrons. The molecular weight excluding hydrogens is 309 g/mol. The van der Waals surface area contributed by atoms with Crippen LogP contribution in [0.3, 0.4) is 0 Å². The smallest absolute Gasteiger partial charge is 0.337 e. The molecule has 4 nitrogen and oxygen atoms in total. The van der Waals surface area contributed by atoms with E-state index in [2.05, 4.69) is 15.9 Å². The molecule has 0 aliphatic carbocycles. The number of carbonyl (C=O) groups is 2. The Kier molecular flexibility index (Phi) is 3.40. The van der Waals surface area contributed by atoms with E-state index in [1.165, 1.54) is 11.0 Å². The number of carboxylic acid groups (broad SMARTS) is 1. The number of anilines is 1. The fraction of sp³-hybridized carbons (Fsp3) is 0.273. The highest BCUT2D eigenvalue weighted by atomic mass is 79.9. The molecule has 90 valence electrons. The van der Waals surface area contributed by atoms with Crippen molar-refractivity contribution < 1.29 is 14.7 Å². The third-order valence-electron chi connectivity index (χ3n) is 2.56. The number of hydrogen-bond acceptors (Lipinski definition) is 2. The lowest BCUT2D eigenvalue weighted by Gasteiger charge is -2.19. The van der Waals surface area contributed by atoms with Crippen molar-refractivity contribution in [2.24, 2.45) is 0 Å². The summed E-state index contributed by atoms with van der Waals surface area (Å²) in [4.78, 5) is 24.3. The van der Waals surface area contributed by atoms with Crippen molar-refractivity contribution in [2.45, 2.75) is 11.2 Å². The van der Waals surface area contributed by atoms with Gasteiger partial charge in [0.05, 0.1) is 16.3 Å². The van der Waals surface area contributed by atoms with Crippen LogP contribution in [-0.4, -0.2) is 28.4 Å². The van der Waals surface area contributed by atoms with Crippen LogP contribution in [0.5, 0.6) is 0 Å². The van der Waals surface area contributed by atoms with E-state index in [1.54, 1.807) is 12.1 Å². The lowest BCUT2D eigenvalue weighted by atomic mass is 10.1. The fourth-order valence-corrected chi connectivity index (χ4v) is 2.69. The number of rotatable bonds is 2. The van der Waals surface area contributed by atoms with Gasteiger partial charge in [0.1, 0.15) is 0 Å². The molecule has 1 fully saturated rings. The lowest BCUT2D eigenvalue weighted by molar-refractivity contribution is -0.117. The van der Waals surface area contributed by atoms with Gasteiger partial charge in [-0.05, 0) is 12.1 Å². The van der Waals surface area contributed by atoms with Gasteiger partial charge in [0, 0.05) is 17.8 Å². The predicted molar refractivity (Wildman–Crippen MR) is 68.1 cm³/mol. The average Bonchev–Trinajstić information content (AvgIpc) is 2.57. The number of alkyl halides is 1. The summed E-state index contributed by atoms with van der Waals surface area (Å²) in [5.74, 6) is -1.21. The zero-order chi connectivity index (χ0) is 12.6. The molecule has 1 N–H and O–H groups in total. The van der Waals surface area contributed by atoms with Crippen LogP contribution in [-0.2, 0) is 4.79 Å². The first-order valence-electron chi connectivity index (χ1n) is 4.97. The highest BCUT2D eigenvalue weighted by molar-refractivity contribution is 9.09. The summed E-state index contributed by atoms with van der Waals surface area (Å²) in [6.07, 6.45) is 0.351. The maximum absolute atomic E-state index is 11.8. The second-order valence-electron chi connectivity index (χ2n) is 3.75. The molecule has 1 aliphatic heterocycles. The van der Waals surface area contributed by atoms with Crippen LogP contribution in [0.25, 0.3) is 0 Å². The van der Waals surface area contributed by atoms with Gasteiger partial charge in [0.15, 0.2) is 0 Å². The molecular formula is C11H9BrClNO3.